The number of benzene rings is 2. The van der Waals surface area contributed by atoms with Gasteiger partial charge in [0.1, 0.15) is 16.9 Å². The zero-order valence-electron chi connectivity index (χ0n) is 18.4. The van der Waals surface area contributed by atoms with Crippen molar-refractivity contribution in [1.29, 1.82) is 0 Å². The lowest BCUT2D eigenvalue weighted by atomic mass is 10.1. The first kappa shape index (κ1) is 23.9. The highest BCUT2D eigenvalue weighted by atomic mass is 32.2. The van der Waals surface area contributed by atoms with Gasteiger partial charge in [-0.15, -0.1) is 0 Å². The highest BCUT2D eigenvalue weighted by Gasteiger charge is 2.33. The van der Waals surface area contributed by atoms with Gasteiger partial charge >= 0.3 is 0 Å². The molecule has 2 aromatic carbocycles. The Hall–Kier alpha value is -3.27. The number of amidine groups is 1. The number of nitrogens with zero attached hydrogens (tertiary/aromatic N) is 2. The Balaban J connectivity index is 1.22. The third kappa shape index (κ3) is 6.19. The molecular formula is C24H24F2N4O3S. The average Bonchev–Trinajstić information content (AvgIpc) is 3.44. The fraction of sp³-hybridized carbons (Fsp3) is 0.333. The van der Waals surface area contributed by atoms with Crippen LogP contribution in [0.2, 0.25) is 0 Å². The fourth-order valence-electron chi connectivity index (χ4n) is 3.82. The first-order valence-electron chi connectivity index (χ1n) is 11.0. The summed E-state index contributed by atoms with van der Waals surface area (Å²) >= 11 is 1.34. The van der Waals surface area contributed by atoms with Crippen molar-refractivity contribution in [1.82, 2.24) is 10.2 Å². The van der Waals surface area contributed by atoms with Crippen LogP contribution >= 0.6 is 11.8 Å². The normalized spacial score (nSPS) is 17.6. The quantitative estimate of drug-likeness (QED) is 0.626. The molecule has 1 saturated heterocycles. The molecule has 1 fully saturated rings. The molecule has 0 radical (unpaired) electrons. The van der Waals surface area contributed by atoms with E-state index in [9.17, 15) is 23.2 Å². The zero-order chi connectivity index (χ0) is 24.1. The molecule has 34 heavy (non-hydrogen) atoms. The molecule has 178 valence electrons. The summed E-state index contributed by atoms with van der Waals surface area (Å²) in [6.07, 6.45) is 2.47. The molecule has 0 aromatic heterocycles. The number of carbonyl (C=O) groups excluding carboxylic acids is 3. The number of nitrogens with one attached hydrogen (secondary N) is 2. The summed E-state index contributed by atoms with van der Waals surface area (Å²) in [7, 11) is 0. The number of carbonyl (C=O) groups is 3. The van der Waals surface area contributed by atoms with Crippen LogP contribution in [0.1, 0.15) is 35.2 Å². The maximum Gasteiger partial charge on any atom is 0.262 e. The Morgan fingerprint density at radius 1 is 1.06 bits per heavy atom. The van der Waals surface area contributed by atoms with E-state index in [2.05, 4.69) is 20.5 Å². The number of rotatable bonds is 7. The number of hydrogen-bond acceptors (Lipinski definition) is 5. The van der Waals surface area contributed by atoms with Crippen LogP contribution in [-0.4, -0.2) is 52.7 Å². The Kier molecular flexibility index (Phi) is 7.56. The molecule has 0 aliphatic carbocycles. The van der Waals surface area contributed by atoms with Gasteiger partial charge < -0.3 is 15.5 Å². The van der Waals surface area contributed by atoms with Gasteiger partial charge in [0.05, 0.1) is 0 Å². The first-order valence-corrected chi connectivity index (χ1v) is 11.9. The molecule has 2 heterocycles. The zero-order valence-corrected chi connectivity index (χ0v) is 19.2. The molecule has 2 aliphatic rings. The minimum Gasteiger partial charge on any atom is -0.352 e. The molecule has 2 N–H and O–H groups in total. The van der Waals surface area contributed by atoms with E-state index in [1.54, 1.807) is 24.3 Å². The van der Waals surface area contributed by atoms with E-state index in [0.29, 0.717) is 22.0 Å². The van der Waals surface area contributed by atoms with Gasteiger partial charge in [0, 0.05) is 43.4 Å². The van der Waals surface area contributed by atoms with Crippen LogP contribution in [0.15, 0.2) is 47.5 Å². The average molecular weight is 487 g/mol. The second-order valence-corrected chi connectivity index (χ2v) is 9.32. The van der Waals surface area contributed by atoms with Gasteiger partial charge in [0.25, 0.3) is 11.8 Å². The molecular weight excluding hydrogens is 462 g/mol. The first-order chi connectivity index (χ1) is 16.4. The van der Waals surface area contributed by atoms with Gasteiger partial charge in [-0.05, 0) is 61.2 Å². The topological polar surface area (TPSA) is 90.9 Å². The van der Waals surface area contributed by atoms with Gasteiger partial charge in [-0.3, -0.25) is 14.4 Å². The summed E-state index contributed by atoms with van der Waals surface area (Å²) < 4.78 is 26.5. The molecule has 10 heteroatoms. The molecule has 0 spiro atoms. The van der Waals surface area contributed by atoms with Crippen LogP contribution < -0.4 is 10.6 Å². The van der Waals surface area contributed by atoms with Gasteiger partial charge in [-0.1, -0.05) is 11.8 Å². The molecule has 0 bridgehead atoms. The standard InChI is InChI=1S/C24H24F2N4O3S/c25-17-11-15(12-18(26)13-17)7-8-27-22(32)16-3-5-19(6-4-16)28-21(31)14-20-23(33)29-24(34-20)30-9-1-2-10-30/h3-6,11-13,20H,1-2,7-10,14H2,(H,27,32)(H,28,31). The van der Waals surface area contributed by atoms with Crippen molar-refractivity contribution in [3.8, 4) is 0 Å². The predicted octanol–water partition coefficient (Wildman–Crippen LogP) is 3.36. The molecule has 0 saturated carbocycles. The number of thioether (sulfide) groups is 1. The molecule has 7 nitrogen and oxygen atoms in total. The maximum atomic E-state index is 13.2. The number of anilines is 1. The Bertz CT molecular complexity index is 1100. The third-order valence-electron chi connectivity index (χ3n) is 5.53. The van der Waals surface area contributed by atoms with E-state index in [-0.39, 0.29) is 37.1 Å². The largest absolute Gasteiger partial charge is 0.352 e. The van der Waals surface area contributed by atoms with Crippen LogP contribution in [0.5, 0.6) is 0 Å². The van der Waals surface area contributed by atoms with E-state index in [1.165, 1.54) is 23.9 Å². The minimum absolute atomic E-state index is 0.0211. The molecule has 2 aromatic rings. The van der Waals surface area contributed by atoms with Gasteiger partial charge in [-0.25, -0.2) is 8.78 Å². The van der Waals surface area contributed by atoms with Crippen molar-refractivity contribution in [2.45, 2.75) is 30.9 Å². The summed E-state index contributed by atoms with van der Waals surface area (Å²) in [5.74, 6) is -2.24. The van der Waals surface area contributed by atoms with Crippen LogP contribution in [0.4, 0.5) is 14.5 Å². The lowest BCUT2D eigenvalue weighted by molar-refractivity contribution is -0.121. The van der Waals surface area contributed by atoms with Crippen molar-refractivity contribution in [2.24, 2.45) is 4.99 Å². The second kappa shape index (κ2) is 10.8. The molecule has 4 rings (SSSR count). The minimum atomic E-state index is -0.658. The SMILES string of the molecule is O=C(CC1SC(N2CCCC2)=NC1=O)Nc1ccc(C(=O)NCCc2cc(F)cc(F)c2)cc1. The van der Waals surface area contributed by atoms with Crippen molar-refractivity contribution in [3.05, 3.63) is 65.2 Å². The van der Waals surface area contributed by atoms with E-state index in [4.69, 9.17) is 0 Å². The summed E-state index contributed by atoms with van der Waals surface area (Å²) in [5.41, 5.74) is 1.34. The Morgan fingerprint density at radius 3 is 2.41 bits per heavy atom. The van der Waals surface area contributed by atoms with Crippen molar-refractivity contribution >= 4 is 40.3 Å². The van der Waals surface area contributed by atoms with E-state index in [1.807, 2.05) is 0 Å². The van der Waals surface area contributed by atoms with Gasteiger partial charge in [-0.2, -0.15) is 4.99 Å². The van der Waals surface area contributed by atoms with E-state index >= 15 is 0 Å². The highest BCUT2D eigenvalue weighted by Crippen LogP contribution is 2.29. The van der Waals surface area contributed by atoms with Crippen molar-refractivity contribution < 1.29 is 23.2 Å². The predicted molar refractivity (Wildman–Crippen MR) is 127 cm³/mol. The fourth-order valence-corrected chi connectivity index (χ4v) is 4.93. The monoisotopic (exact) mass is 486 g/mol. The Morgan fingerprint density at radius 2 is 1.74 bits per heavy atom. The number of likely N-dealkylation sites (tertiary alicyclic amines) is 1. The molecule has 1 atom stereocenters. The molecule has 2 aliphatic heterocycles. The van der Waals surface area contributed by atoms with Gasteiger partial charge in [0.2, 0.25) is 5.91 Å². The van der Waals surface area contributed by atoms with Gasteiger partial charge in [0.15, 0.2) is 5.17 Å². The summed E-state index contributed by atoms with van der Waals surface area (Å²) in [4.78, 5) is 43.1. The number of amides is 3. The van der Waals surface area contributed by atoms with Crippen molar-refractivity contribution in [2.75, 3.05) is 25.0 Å². The van der Waals surface area contributed by atoms with Crippen LogP contribution in [-0.2, 0) is 16.0 Å². The number of hydrogen-bond donors (Lipinski definition) is 2. The number of aliphatic imine (C=N–C) groups is 1. The second-order valence-electron chi connectivity index (χ2n) is 8.15. The van der Waals surface area contributed by atoms with E-state index < -0.39 is 16.9 Å². The Labute approximate surface area is 200 Å². The van der Waals surface area contributed by atoms with Crippen molar-refractivity contribution in [3.63, 3.8) is 0 Å². The lowest BCUT2D eigenvalue weighted by Gasteiger charge is -2.16. The van der Waals surface area contributed by atoms with E-state index in [0.717, 1.165) is 32.0 Å². The maximum absolute atomic E-state index is 13.2. The number of halogens is 2. The summed E-state index contributed by atoms with van der Waals surface area (Å²) in [6, 6.07) is 9.59. The van der Waals surface area contributed by atoms with Crippen LogP contribution in [0.25, 0.3) is 0 Å². The van der Waals surface area contributed by atoms with Crippen LogP contribution in [0, 0.1) is 11.6 Å². The lowest BCUT2D eigenvalue weighted by Crippen LogP contribution is -2.26. The summed E-state index contributed by atoms with van der Waals surface area (Å²) in [5, 5.41) is 5.63. The highest BCUT2D eigenvalue weighted by molar-refractivity contribution is 8.15. The van der Waals surface area contributed by atoms with Crippen LogP contribution in [0.3, 0.4) is 0 Å². The smallest absolute Gasteiger partial charge is 0.262 e. The molecule has 3 amide bonds. The third-order valence-corrected chi connectivity index (χ3v) is 6.74. The summed E-state index contributed by atoms with van der Waals surface area (Å²) in [6.45, 7) is 2.00. The molecule has 1 unspecified atom stereocenters.